The minimum atomic E-state index is 0.822. The number of rotatable bonds is 0. The standard InChI is InChI=1S/C6H7N.C2H6.2CH3Br/c7-6-4-2-1-3-5-6;3*1-2/h1-5H,7H2;1-2H3;2*1H3. The highest BCUT2D eigenvalue weighted by atomic mass is 79.9. The number of benzene rings is 1. The quantitative estimate of drug-likeness (QED) is 0.560. The number of hydrogen-bond acceptors (Lipinski definition) is 1. The Bertz CT molecular complexity index is 143. The van der Waals surface area contributed by atoms with Gasteiger partial charge in [0.1, 0.15) is 0 Å². The van der Waals surface area contributed by atoms with Crippen LogP contribution in [0.5, 0.6) is 0 Å². The van der Waals surface area contributed by atoms with E-state index in [1.54, 1.807) is 0 Å². The first-order valence-corrected chi connectivity index (χ1v) is 7.13. The molecule has 0 heterocycles. The van der Waals surface area contributed by atoms with Crippen LogP contribution in [0.2, 0.25) is 0 Å². The zero-order chi connectivity index (χ0) is 11.1. The fraction of sp³-hybridized carbons (Fsp3) is 0.400. The average Bonchev–Trinajstić information content (AvgIpc) is 2.28. The largest absolute Gasteiger partial charge is 0.399 e. The molecule has 1 rings (SSSR count). The van der Waals surface area contributed by atoms with Gasteiger partial charge in [0.2, 0.25) is 0 Å². The zero-order valence-electron chi connectivity index (χ0n) is 8.72. The second kappa shape index (κ2) is 22.7. The summed E-state index contributed by atoms with van der Waals surface area (Å²) in [7, 11) is 0. The van der Waals surface area contributed by atoms with Crippen LogP contribution in [0, 0.1) is 0 Å². The van der Waals surface area contributed by atoms with Gasteiger partial charge in [-0.2, -0.15) is 0 Å². The lowest BCUT2D eigenvalue weighted by Gasteiger charge is -1.83. The number of nitrogens with two attached hydrogens (primary N) is 1. The molecule has 0 saturated heterocycles. The molecule has 0 aromatic heterocycles. The topological polar surface area (TPSA) is 26.0 Å². The number of halogens is 2. The van der Waals surface area contributed by atoms with Crippen LogP contribution in [-0.2, 0) is 0 Å². The van der Waals surface area contributed by atoms with Crippen molar-refractivity contribution in [2.75, 3.05) is 17.4 Å². The third-order valence-corrected chi connectivity index (χ3v) is 0.800. The van der Waals surface area contributed by atoms with Crippen LogP contribution in [0.1, 0.15) is 13.8 Å². The highest BCUT2D eigenvalue weighted by Crippen LogP contribution is 1.95. The van der Waals surface area contributed by atoms with E-state index in [2.05, 4.69) is 31.9 Å². The van der Waals surface area contributed by atoms with Crippen molar-refractivity contribution in [3.05, 3.63) is 30.3 Å². The summed E-state index contributed by atoms with van der Waals surface area (Å²) in [6, 6.07) is 9.49. The van der Waals surface area contributed by atoms with Gasteiger partial charge in [-0.05, 0) is 23.8 Å². The molecular weight excluding hydrogens is 294 g/mol. The summed E-state index contributed by atoms with van der Waals surface area (Å²) in [4.78, 5) is 0. The predicted molar refractivity (Wildman–Crippen MR) is 71.9 cm³/mol. The number of nitrogen functional groups attached to an aromatic ring is 1. The first kappa shape index (κ1) is 18.7. The summed E-state index contributed by atoms with van der Waals surface area (Å²) >= 11 is 5.88. The molecule has 1 aromatic carbocycles. The molecule has 0 unspecified atom stereocenters. The van der Waals surface area contributed by atoms with Crippen molar-refractivity contribution in [1.29, 1.82) is 0 Å². The Morgan fingerprint density at radius 3 is 1.31 bits per heavy atom. The average molecular weight is 313 g/mol. The second-order valence-corrected chi connectivity index (χ2v) is 1.41. The summed E-state index contributed by atoms with van der Waals surface area (Å²) in [5.74, 6) is 3.62. The Hall–Kier alpha value is -0.0200. The summed E-state index contributed by atoms with van der Waals surface area (Å²) in [5.41, 5.74) is 6.18. The molecule has 3 heteroatoms. The van der Waals surface area contributed by atoms with Crippen molar-refractivity contribution in [3.63, 3.8) is 0 Å². The van der Waals surface area contributed by atoms with Crippen molar-refractivity contribution >= 4 is 37.5 Å². The highest BCUT2D eigenvalue weighted by Gasteiger charge is 1.72. The van der Waals surface area contributed by atoms with Gasteiger partial charge in [-0.15, -0.1) is 0 Å². The molecular formula is C10H19Br2N. The first-order chi connectivity index (χ1) is 6.39. The maximum atomic E-state index is 5.36. The van der Waals surface area contributed by atoms with Crippen LogP contribution in [0.25, 0.3) is 0 Å². The minimum Gasteiger partial charge on any atom is -0.399 e. The lowest BCUT2D eigenvalue weighted by atomic mass is 10.3. The third-order valence-electron chi connectivity index (χ3n) is 0.800. The molecule has 0 bridgehead atoms. The van der Waals surface area contributed by atoms with Crippen LogP contribution in [0.15, 0.2) is 30.3 Å². The molecule has 2 N–H and O–H groups in total. The van der Waals surface area contributed by atoms with Gasteiger partial charge in [-0.25, -0.2) is 0 Å². The normalized spacial score (nSPS) is 6.00. The van der Waals surface area contributed by atoms with Crippen molar-refractivity contribution < 1.29 is 0 Å². The highest BCUT2D eigenvalue weighted by molar-refractivity contribution is 9.09. The lowest BCUT2D eigenvalue weighted by Crippen LogP contribution is -1.79. The van der Waals surface area contributed by atoms with E-state index < -0.39 is 0 Å². The summed E-state index contributed by atoms with van der Waals surface area (Å²) in [6.07, 6.45) is 0. The minimum absolute atomic E-state index is 0.822. The second-order valence-electron chi connectivity index (χ2n) is 1.41. The van der Waals surface area contributed by atoms with E-state index in [-0.39, 0.29) is 0 Å². The number of para-hydroxylation sites is 1. The molecule has 13 heavy (non-hydrogen) atoms. The van der Waals surface area contributed by atoms with Gasteiger partial charge in [-0.3, -0.25) is 0 Å². The summed E-state index contributed by atoms with van der Waals surface area (Å²) in [6.45, 7) is 4.00. The van der Waals surface area contributed by atoms with Gasteiger partial charge >= 0.3 is 0 Å². The third kappa shape index (κ3) is 18.7. The van der Waals surface area contributed by atoms with Gasteiger partial charge in [0, 0.05) is 5.69 Å². The molecule has 0 aliphatic rings. The van der Waals surface area contributed by atoms with Crippen LogP contribution in [0.4, 0.5) is 5.69 Å². The van der Waals surface area contributed by atoms with Crippen molar-refractivity contribution in [2.24, 2.45) is 0 Å². The van der Waals surface area contributed by atoms with E-state index >= 15 is 0 Å². The van der Waals surface area contributed by atoms with Gasteiger partial charge in [-0.1, -0.05) is 63.9 Å². The van der Waals surface area contributed by atoms with E-state index in [0.717, 1.165) is 5.69 Å². The Kier molecular flexibility index (Phi) is 32.6. The Labute approximate surface area is 99.0 Å². The summed E-state index contributed by atoms with van der Waals surface area (Å²) in [5, 5.41) is 0. The molecule has 0 atom stereocenters. The molecule has 0 radical (unpaired) electrons. The molecule has 78 valence electrons. The number of alkyl halides is 2. The van der Waals surface area contributed by atoms with Gasteiger partial charge in [0.15, 0.2) is 0 Å². The van der Waals surface area contributed by atoms with Crippen LogP contribution >= 0.6 is 31.9 Å². The van der Waals surface area contributed by atoms with E-state index in [1.165, 1.54) is 0 Å². The number of hydrogen-bond donors (Lipinski definition) is 1. The molecule has 1 nitrogen and oxygen atoms in total. The molecule has 0 saturated carbocycles. The van der Waals surface area contributed by atoms with Crippen LogP contribution in [-0.4, -0.2) is 11.7 Å². The van der Waals surface area contributed by atoms with E-state index in [1.807, 2.05) is 55.8 Å². The van der Waals surface area contributed by atoms with Crippen molar-refractivity contribution in [2.45, 2.75) is 13.8 Å². The Morgan fingerprint density at radius 2 is 1.15 bits per heavy atom. The molecule has 0 amide bonds. The van der Waals surface area contributed by atoms with Gasteiger partial charge in [0.05, 0.1) is 0 Å². The predicted octanol–water partition coefficient (Wildman–Crippen LogP) is 4.32. The smallest absolute Gasteiger partial charge is 0.0313 e. The fourth-order valence-corrected chi connectivity index (χ4v) is 0.453. The van der Waals surface area contributed by atoms with E-state index in [4.69, 9.17) is 5.73 Å². The van der Waals surface area contributed by atoms with Crippen LogP contribution < -0.4 is 5.73 Å². The molecule has 0 aliphatic carbocycles. The van der Waals surface area contributed by atoms with Gasteiger partial charge in [0.25, 0.3) is 0 Å². The summed E-state index contributed by atoms with van der Waals surface area (Å²) < 4.78 is 0. The van der Waals surface area contributed by atoms with Crippen molar-refractivity contribution in [3.8, 4) is 0 Å². The van der Waals surface area contributed by atoms with Crippen molar-refractivity contribution in [1.82, 2.24) is 0 Å². The fourth-order valence-electron chi connectivity index (χ4n) is 0.453. The number of anilines is 1. The van der Waals surface area contributed by atoms with E-state index in [9.17, 15) is 0 Å². The van der Waals surface area contributed by atoms with E-state index in [0.29, 0.717) is 0 Å². The molecule has 1 aromatic rings. The molecule has 0 fully saturated rings. The maximum Gasteiger partial charge on any atom is 0.0313 e. The van der Waals surface area contributed by atoms with Gasteiger partial charge < -0.3 is 5.73 Å². The Balaban J connectivity index is -0.000000144. The maximum absolute atomic E-state index is 5.36. The molecule has 0 spiro atoms. The SMILES string of the molecule is CBr.CBr.CC.Nc1ccccc1. The first-order valence-electron chi connectivity index (χ1n) is 3.96. The zero-order valence-corrected chi connectivity index (χ0v) is 11.9. The molecule has 0 aliphatic heterocycles. The Morgan fingerprint density at radius 1 is 0.846 bits per heavy atom. The lowest BCUT2D eigenvalue weighted by molar-refractivity contribution is 1.50. The monoisotopic (exact) mass is 311 g/mol. The van der Waals surface area contributed by atoms with Crippen LogP contribution in [0.3, 0.4) is 0 Å².